The van der Waals surface area contributed by atoms with Crippen molar-refractivity contribution in [1.82, 2.24) is 10.2 Å². The number of carbonyl (C=O) groups excluding carboxylic acids is 1. The summed E-state index contributed by atoms with van der Waals surface area (Å²) in [6.07, 6.45) is 3.01. The summed E-state index contributed by atoms with van der Waals surface area (Å²) in [5.41, 5.74) is 0.183. The number of halogens is 1. The fourth-order valence-corrected chi connectivity index (χ4v) is 2.44. The van der Waals surface area contributed by atoms with Gasteiger partial charge in [0.15, 0.2) is 0 Å². The molecule has 3 nitrogen and oxygen atoms in total. The molecule has 1 fully saturated rings. The van der Waals surface area contributed by atoms with Crippen LogP contribution in [0.5, 0.6) is 0 Å². The van der Waals surface area contributed by atoms with Gasteiger partial charge in [0.25, 0.3) is 5.91 Å². The van der Waals surface area contributed by atoms with Crippen LogP contribution in [-0.4, -0.2) is 36.5 Å². The van der Waals surface area contributed by atoms with E-state index in [0.717, 1.165) is 25.8 Å². The average Bonchev–Trinajstić information content (AvgIpc) is 2.45. The smallest absolute Gasteiger partial charge is 0.256 e. The standard InChI is InChI=1S/C15H21FN2O/c1-2-9-17-12-7-10-18(11-8-12)15(19)13-5-3-4-6-14(13)16/h3-6,12,17H,2,7-11H2,1H3. The Hall–Kier alpha value is -1.42. The van der Waals surface area contributed by atoms with Gasteiger partial charge < -0.3 is 10.2 Å². The molecular weight excluding hydrogens is 243 g/mol. The number of carbonyl (C=O) groups is 1. The molecule has 4 heteroatoms. The van der Waals surface area contributed by atoms with Gasteiger partial charge in [0.2, 0.25) is 0 Å². The molecule has 0 saturated carbocycles. The van der Waals surface area contributed by atoms with Gasteiger partial charge in [-0.1, -0.05) is 19.1 Å². The maximum absolute atomic E-state index is 13.6. The molecule has 0 atom stereocenters. The molecule has 1 N–H and O–H groups in total. The second kappa shape index (κ2) is 6.66. The first-order valence-corrected chi connectivity index (χ1v) is 6.99. The number of likely N-dealkylation sites (tertiary alicyclic amines) is 1. The third-order valence-corrected chi connectivity index (χ3v) is 3.57. The molecule has 0 spiro atoms. The Labute approximate surface area is 113 Å². The van der Waals surface area contributed by atoms with Crippen molar-refractivity contribution in [2.24, 2.45) is 0 Å². The van der Waals surface area contributed by atoms with E-state index in [2.05, 4.69) is 12.2 Å². The minimum atomic E-state index is -0.432. The van der Waals surface area contributed by atoms with Crippen LogP contribution in [0.3, 0.4) is 0 Å². The Balaban J connectivity index is 1.91. The fourth-order valence-electron chi connectivity index (χ4n) is 2.44. The van der Waals surface area contributed by atoms with Crippen molar-refractivity contribution < 1.29 is 9.18 Å². The number of hydrogen-bond acceptors (Lipinski definition) is 2. The minimum Gasteiger partial charge on any atom is -0.338 e. The highest BCUT2D eigenvalue weighted by molar-refractivity contribution is 5.94. The molecule has 1 saturated heterocycles. The zero-order chi connectivity index (χ0) is 13.7. The normalized spacial score (nSPS) is 16.6. The molecule has 1 heterocycles. The van der Waals surface area contributed by atoms with Crippen LogP contribution >= 0.6 is 0 Å². The molecule has 104 valence electrons. The highest BCUT2D eigenvalue weighted by Crippen LogP contribution is 2.15. The number of nitrogens with one attached hydrogen (secondary N) is 1. The van der Waals surface area contributed by atoms with Crippen molar-refractivity contribution in [2.45, 2.75) is 32.2 Å². The molecule has 0 aromatic heterocycles. The Morgan fingerprint density at radius 2 is 2.05 bits per heavy atom. The quantitative estimate of drug-likeness (QED) is 0.906. The molecule has 1 aromatic carbocycles. The van der Waals surface area contributed by atoms with Gasteiger partial charge in [0.05, 0.1) is 5.56 Å². The molecule has 0 radical (unpaired) electrons. The van der Waals surface area contributed by atoms with E-state index in [1.165, 1.54) is 6.07 Å². The average molecular weight is 264 g/mol. The first-order chi connectivity index (χ1) is 9.22. The summed E-state index contributed by atoms with van der Waals surface area (Å²) in [7, 11) is 0. The second-order valence-electron chi connectivity index (χ2n) is 5.00. The van der Waals surface area contributed by atoms with Crippen LogP contribution in [0.25, 0.3) is 0 Å². The number of hydrogen-bond donors (Lipinski definition) is 1. The Bertz CT molecular complexity index is 428. The first kappa shape index (κ1) is 14.0. The topological polar surface area (TPSA) is 32.3 Å². The van der Waals surface area contributed by atoms with Gasteiger partial charge in [-0.3, -0.25) is 4.79 Å². The molecular formula is C15H21FN2O. The lowest BCUT2D eigenvalue weighted by Gasteiger charge is -2.32. The molecule has 19 heavy (non-hydrogen) atoms. The largest absolute Gasteiger partial charge is 0.338 e. The predicted molar refractivity (Wildman–Crippen MR) is 73.6 cm³/mol. The first-order valence-electron chi connectivity index (χ1n) is 6.99. The van der Waals surface area contributed by atoms with E-state index < -0.39 is 5.82 Å². The van der Waals surface area contributed by atoms with E-state index >= 15 is 0 Å². The Morgan fingerprint density at radius 1 is 1.37 bits per heavy atom. The van der Waals surface area contributed by atoms with Crippen LogP contribution < -0.4 is 5.32 Å². The second-order valence-corrected chi connectivity index (χ2v) is 5.00. The highest BCUT2D eigenvalue weighted by atomic mass is 19.1. The summed E-state index contributed by atoms with van der Waals surface area (Å²) < 4.78 is 13.6. The van der Waals surface area contributed by atoms with E-state index in [-0.39, 0.29) is 11.5 Å². The zero-order valence-electron chi connectivity index (χ0n) is 11.4. The van der Waals surface area contributed by atoms with Crippen molar-refractivity contribution >= 4 is 5.91 Å². The van der Waals surface area contributed by atoms with Gasteiger partial charge in [0, 0.05) is 19.1 Å². The molecule has 2 rings (SSSR count). The minimum absolute atomic E-state index is 0.183. The number of piperidine rings is 1. The zero-order valence-corrected chi connectivity index (χ0v) is 11.4. The lowest BCUT2D eigenvalue weighted by molar-refractivity contribution is 0.0700. The molecule has 1 amide bonds. The molecule has 0 bridgehead atoms. The van der Waals surface area contributed by atoms with Crippen molar-refractivity contribution in [3.8, 4) is 0 Å². The van der Waals surface area contributed by atoms with Crippen molar-refractivity contribution in [2.75, 3.05) is 19.6 Å². The predicted octanol–water partition coefficient (Wildman–Crippen LogP) is 2.43. The SMILES string of the molecule is CCCNC1CCN(C(=O)c2ccccc2F)CC1. The summed E-state index contributed by atoms with van der Waals surface area (Å²) >= 11 is 0. The van der Waals surface area contributed by atoms with Crippen LogP contribution in [0.1, 0.15) is 36.5 Å². The maximum Gasteiger partial charge on any atom is 0.256 e. The van der Waals surface area contributed by atoms with E-state index in [4.69, 9.17) is 0 Å². The van der Waals surface area contributed by atoms with Crippen molar-refractivity contribution in [3.63, 3.8) is 0 Å². The summed E-state index contributed by atoms with van der Waals surface area (Å²) in [5, 5.41) is 3.47. The van der Waals surface area contributed by atoms with Crippen LogP contribution in [0.2, 0.25) is 0 Å². The molecule has 0 aliphatic carbocycles. The number of benzene rings is 1. The monoisotopic (exact) mass is 264 g/mol. The fraction of sp³-hybridized carbons (Fsp3) is 0.533. The molecule has 0 unspecified atom stereocenters. The van der Waals surface area contributed by atoms with E-state index in [9.17, 15) is 9.18 Å². The van der Waals surface area contributed by atoms with Gasteiger partial charge in [-0.25, -0.2) is 4.39 Å². The van der Waals surface area contributed by atoms with Crippen LogP contribution in [-0.2, 0) is 0 Å². The lowest BCUT2D eigenvalue weighted by atomic mass is 10.0. The molecule has 1 aliphatic heterocycles. The van der Waals surface area contributed by atoms with Crippen LogP contribution in [0, 0.1) is 5.82 Å². The number of amides is 1. The Morgan fingerprint density at radius 3 is 2.68 bits per heavy atom. The number of rotatable bonds is 4. The molecule has 1 aromatic rings. The maximum atomic E-state index is 13.6. The lowest BCUT2D eigenvalue weighted by Crippen LogP contribution is -2.45. The molecule has 1 aliphatic rings. The third-order valence-electron chi connectivity index (χ3n) is 3.57. The summed E-state index contributed by atoms with van der Waals surface area (Å²) in [6, 6.07) is 6.69. The van der Waals surface area contributed by atoms with Crippen LogP contribution in [0.4, 0.5) is 4.39 Å². The van der Waals surface area contributed by atoms with Gasteiger partial charge in [-0.15, -0.1) is 0 Å². The van der Waals surface area contributed by atoms with Gasteiger partial charge in [-0.05, 0) is 37.9 Å². The summed E-state index contributed by atoms with van der Waals surface area (Å²) in [5.74, 6) is -0.620. The Kier molecular flexibility index (Phi) is 4.91. The van der Waals surface area contributed by atoms with Crippen molar-refractivity contribution in [1.29, 1.82) is 0 Å². The van der Waals surface area contributed by atoms with Crippen molar-refractivity contribution in [3.05, 3.63) is 35.6 Å². The summed E-state index contributed by atoms with van der Waals surface area (Å²) in [4.78, 5) is 14.0. The van der Waals surface area contributed by atoms with Gasteiger partial charge in [-0.2, -0.15) is 0 Å². The third kappa shape index (κ3) is 3.53. The van der Waals surface area contributed by atoms with Gasteiger partial charge in [0.1, 0.15) is 5.82 Å². The van der Waals surface area contributed by atoms with Crippen LogP contribution in [0.15, 0.2) is 24.3 Å². The highest BCUT2D eigenvalue weighted by Gasteiger charge is 2.24. The van der Waals surface area contributed by atoms with E-state index in [1.807, 2.05) is 0 Å². The summed E-state index contributed by atoms with van der Waals surface area (Å²) in [6.45, 7) is 4.57. The van der Waals surface area contributed by atoms with Gasteiger partial charge >= 0.3 is 0 Å². The van der Waals surface area contributed by atoms with E-state index in [0.29, 0.717) is 19.1 Å². The number of nitrogens with zero attached hydrogens (tertiary/aromatic N) is 1. The van der Waals surface area contributed by atoms with E-state index in [1.54, 1.807) is 23.1 Å².